The van der Waals surface area contributed by atoms with E-state index in [1.165, 1.54) is 37.4 Å². The summed E-state index contributed by atoms with van der Waals surface area (Å²) in [5.41, 5.74) is 0.872. The number of sulfone groups is 1. The van der Waals surface area contributed by atoms with E-state index in [0.29, 0.717) is 0 Å². The third kappa shape index (κ3) is 3.63. The molecule has 0 fully saturated rings. The van der Waals surface area contributed by atoms with Crippen LogP contribution in [0.15, 0.2) is 52.4 Å². The molecule has 0 spiro atoms. The van der Waals surface area contributed by atoms with Gasteiger partial charge in [-0.1, -0.05) is 6.92 Å². The van der Waals surface area contributed by atoms with Crippen LogP contribution in [-0.4, -0.2) is 27.6 Å². The standard InChI is InChI=1S/C14H16N2O4S2/c1-3-21(17,18)12-4-6-13(7-5-12)22(19,20)16-14-10-11(2)8-9-15-14/h4-10H,3H2,1-2H3,(H,15,16). The van der Waals surface area contributed by atoms with E-state index in [1.807, 2.05) is 6.92 Å². The van der Waals surface area contributed by atoms with Crippen molar-refractivity contribution in [2.45, 2.75) is 23.6 Å². The molecular formula is C14H16N2O4S2. The first-order chi connectivity index (χ1) is 10.2. The third-order valence-electron chi connectivity index (χ3n) is 3.03. The van der Waals surface area contributed by atoms with Gasteiger partial charge in [0.15, 0.2) is 9.84 Å². The lowest BCUT2D eigenvalue weighted by molar-refractivity contribution is 0.595. The molecule has 0 saturated carbocycles. The molecule has 1 N–H and O–H groups in total. The van der Waals surface area contributed by atoms with E-state index in [9.17, 15) is 16.8 Å². The first kappa shape index (κ1) is 16.4. The summed E-state index contributed by atoms with van der Waals surface area (Å²) in [5.74, 6) is 0.176. The Morgan fingerprint density at radius 1 is 1.00 bits per heavy atom. The minimum Gasteiger partial charge on any atom is -0.263 e. The highest BCUT2D eigenvalue weighted by molar-refractivity contribution is 7.92. The molecule has 1 aromatic heterocycles. The number of aromatic nitrogens is 1. The highest BCUT2D eigenvalue weighted by Gasteiger charge is 2.17. The van der Waals surface area contributed by atoms with Crippen molar-refractivity contribution >= 4 is 25.7 Å². The Hall–Kier alpha value is -1.93. The van der Waals surface area contributed by atoms with E-state index in [0.717, 1.165) is 5.56 Å². The van der Waals surface area contributed by atoms with Gasteiger partial charge in [-0.15, -0.1) is 0 Å². The van der Waals surface area contributed by atoms with Gasteiger partial charge in [-0.3, -0.25) is 4.72 Å². The van der Waals surface area contributed by atoms with E-state index < -0.39 is 19.9 Å². The van der Waals surface area contributed by atoms with E-state index >= 15 is 0 Å². The van der Waals surface area contributed by atoms with Gasteiger partial charge in [0.05, 0.1) is 15.5 Å². The average molecular weight is 340 g/mol. The lowest BCUT2D eigenvalue weighted by Crippen LogP contribution is -2.14. The van der Waals surface area contributed by atoms with Crippen LogP contribution in [0.25, 0.3) is 0 Å². The van der Waals surface area contributed by atoms with E-state index in [1.54, 1.807) is 12.1 Å². The SMILES string of the molecule is CCS(=O)(=O)c1ccc(S(=O)(=O)Nc2cc(C)ccn2)cc1. The van der Waals surface area contributed by atoms with Gasteiger partial charge in [-0.2, -0.15) is 0 Å². The topological polar surface area (TPSA) is 93.2 Å². The fraction of sp³-hybridized carbons (Fsp3) is 0.214. The molecule has 0 atom stereocenters. The second kappa shape index (κ2) is 6.05. The molecule has 0 radical (unpaired) electrons. The van der Waals surface area contributed by atoms with E-state index in [4.69, 9.17) is 0 Å². The quantitative estimate of drug-likeness (QED) is 0.898. The molecule has 0 saturated heterocycles. The zero-order chi connectivity index (χ0) is 16.4. The molecule has 1 aromatic carbocycles. The molecule has 8 heteroatoms. The second-order valence-electron chi connectivity index (χ2n) is 4.70. The molecule has 0 amide bonds. The van der Waals surface area contributed by atoms with Crippen LogP contribution in [0.4, 0.5) is 5.82 Å². The fourth-order valence-electron chi connectivity index (χ4n) is 1.78. The summed E-state index contributed by atoms with van der Waals surface area (Å²) in [7, 11) is -7.16. The summed E-state index contributed by atoms with van der Waals surface area (Å²) < 4.78 is 50.3. The number of hydrogen-bond donors (Lipinski definition) is 1. The molecule has 1 heterocycles. The molecule has 0 bridgehead atoms. The summed E-state index contributed by atoms with van der Waals surface area (Å²) in [6, 6.07) is 8.46. The van der Waals surface area contributed by atoms with Gasteiger partial charge in [-0.25, -0.2) is 21.8 Å². The van der Waals surface area contributed by atoms with Gasteiger partial charge in [0, 0.05) is 6.20 Å². The zero-order valence-corrected chi connectivity index (χ0v) is 13.8. The summed E-state index contributed by atoms with van der Waals surface area (Å²) >= 11 is 0. The Morgan fingerprint density at radius 3 is 2.14 bits per heavy atom. The molecule has 0 unspecified atom stereocenters. The summed E-state index contributed by atoms with van der Waals surface area (Å²) in [6.07, 6.45) is 1.50. The van der Waals surface area contributed by atoms with Crippen LogP contribution in [0.5, 0.6) is 0 Å². The maximum absolute atomic E-state index is 12.2. The van der Waals surface area contributed by atoms with Crippen molar-refractivity contribution in [1.29, 1.82) is 0 Å². The first-order valence-corrected chi connectivity index (χ1v) is 9.66. The maximum atomic E-state index is 12.2. The van der Waals surface area contributed by atoms with Gasteiger partial charge in [0.2, 0.25) is 0 Å². The number of sulfonamides is 1. The molecule has 22 heavy (non-hydrogen) atoms. The Morgan fingerprint density at radius 2 is 1.59 bits per heavy atom. The Bertz CT molecular complexity index is 873. The molecule has 118 valence electrons. The van der Waals surface area contributed by atoms with Crippen molar-refractivity contribution in [2.75, 3.05) is 10.5 Å². The average Bonchev–Trinajstić information content (AvgIpc) is 2.47. The van der Waals surface area contributed by atoms with Crippen LogP contribution in [0.1, 0.15) is 12.5 Å². The molecule has 0 aliphatic carbocycles. The number of rotatable bonds is 5. The van der Waals surface area contributed by atoms with Crippen molar-refractivity contribution < 1.29 is 16.8 Å². The fourth-order valence-corrected chi connectivity index (χ4v) is 3.66. The number of pyridine rings is 1. The van der Waals surface area contributed by atoms with Crippen molar-refractivity contribution in [2.24, 2.45) is 0 Å². The molecule has 2 aromatic rings. The van der Waals surface area contributed by atoms with Gasteiger partial charge in [-0.05, 0) is 48.9 Å². The number of anilines is 1. The number of benzene rings is 1. The van der Waals surface area contributed by atoms with Crippen LogP contribution in [0, 0.1) is 6.92 Å². The minimum atomic E-state index is -3.81. The van der Waals surface area contributed by atoms with Crippen LogP contribution in [-0.2, 0) is 19.9 Å². The minimum absolute atomic E-state index is 0.0224. The Balaban J connectivity index is 2.31. The smallest absolute Gasteiger partial charge is 0.263 e. The van der Waals surface area contributed by atoms with Crippen molar-refractivity contribution in [3.05, 3.63) is 48.2 Å². The number of aryl methyl sites for hydroxylation is 1. The Kier molecular flexibility index (Phi) is 4.52. The second-order valence-corrected chi connectivity index (χ2v) is 8.66. The zero-order valence-electron chi connectivity index (χ0n) is 12.1. The normalized spacial score (nSPS) is 12.1. The van der Waals surface area contributed by atoms with Crippen LogP contribution in [0.3, 0.4) is 0 Å². The summed E-state index contributed by atoms with van der Waals surface area (Å²) in [4.78, 5) is 4.01. The summed E-state index contributed by atoms with van der Waals surface area (Å²) in [6.45, 7) is 3.36. The number of nitrogens with zero attached hydrogens (tertiary/aromatic N) is 1. The highest BCUT2D eigenvalue weighted by atomic mass is 32.2. The van der Waals surface area contributed by atoms with Crippen LogP contribution >= 0.6 is 0 Å². The predicted molar refractivity (Wildman–Crippen MR) is 84.0 cm³/mol. The van der Waals surface area contributed by atoms with Gasteiger partial charge in [0.25, 0.3) is 10.0 Å². The molecule has 0 aliphatic rings. The largest absolute Gasteiger partial charge is 0.263 e. The van der Waals surface area contributed by atoms with Crippen molar-refractivity contribution in [3.8, 4) is 0 Å². The molecule has 2 rings (SSSR count). The number of nitrogens with one attached hydrogen (secondary N) is 1. The monoisotopic (exact) mass is 340 g/mol. The van der Waals surface area contributed by atoms with Crippen LogP contribution in [0.2, 0.25) is 0 Å². The van der Waals surface area contributed by atoms with E-state index in [-0.39, 0.29) is 21.4 Å². The maximum Gasteiger partial charge on any atom is 0.263 e. The molecule has 6 nitrogen and oxygen atoms in total. The molecule has 0 aliphatic heterocycles. The Labute approximate surface area is 130 Å². The lowest BCUT2D eigenvalue weighted by atomic mass is 10.3. The predicted octanol–water partition coefficient (Wildman–Crippen LogP) is 1.98. The van der Waals surface area contributed by atoms with Crippen molar-refractivity contribution in [3.63, 3.8) is 0 Å². The molecular weight excluding hydrogens is 324 g/mol. The van der Waals surface area contributed by atoms with Crippen molar-refractivity contribution in [1.82, 2.24) is 4.98 Å². The van der Waals surface area contributed by atoms with Crippen LogP contribution < -0.4 is 4.72 Å². The van der Waals surface area contributed by atoms with Gasteiger partial charge in [0.1, 0.15) is 5.82 Å². The lowest BCUT2D eigenvalue weighted by Gasteiger charge is -2.08. The first-order valence-electron chi connectivity index (χ1n) is 6.53. The third-order valence-corrected chi connectivity index (χ3v) is 6.15. The van der Waals surface area contributed by atoms with E-state index in [2.05, 4.69) is 9.71 Å². The summed E-state index contributed by atoms with van der Waals surface area (Å²) in [5, 5.41) is 0. The number of hydrogen-bond acceptors (Lipinski definition) is 5. The van der Waals surface area contributed by atoms with Gasteiger partial charge < -0.3 is 0 Å². The highest BCUT2D eigenvalue weighted by Crippen LogP contribution is 2.18. The van der Waals surface area contributed by atoms with Gasteiger partial charge >= 0.3 is 0 Å².